The highest BCUT2D eigenvalue weighted by Crippen LogP contribution is 2.34. The van der Waals surface area contributed by atoms with Crippen LogP contribution in [0.3, 0.4) is 0 Å². The van der Waals surface area contributed by atoms with Crippen LogP contribution in [0.4, 0.5) is 0 Å². The summed E-state index contributed by atoms with van der Waals surface area (Å²) >= 11 is 0. The van der Waals surface area contributed by atoms with Gasteiger partial charge in [0.25, 0.3) is 0 Å². The van der Waals surface area contributed by atoms with Crippen molar-refractivity contribution in [1.29, 1.82) is 0 Å². The molecule has 1 N–H and O–H groups in total. The van der Waals surface area contributed by atoms with Crippen LogP contribution >= 0.6 is 0 Å². The highest BCUT2D eigenvalue weighted by atomic mass is 16.5. The molecule has 1 saturated carbocycles. The SMILES string of the molecule is COC(=O)C1CCN1CC1(O)CCCC(C)C1. The van der Waals surface area contributed by atoms with Crippen molar-refractivity contribution in [3.8, 4) is 0 Å². The average Bonchev–Trinajstić information content (AvgIpc) is 2.24. The van der Waals surface area contributed by atoms with Crippen molar-refractivity contribution >= 4 is 5.97 Å². The zero-order chi connectivity index (χ0) is 12.5. The summed E-state index contributed by atoms with van der Waals surface area (Å²) in [6.07, 6.45) is 4.88. The highest BCUT2D eigenvalue weighted by Gasteiger charge is 2.41. The number of hydrogen-bond donors (Lipinski definition) is 1. The van der Waals surface area contributed by atoms with Gasteiger partial charge in [0.1, 0.15) is 6.04 Å². The summed E-state index contributed by atoms with van der Waals surface area (Å²) in [5, 5.41) is 10.6. The lowest BCUT2D eigenvalue weighted by Gasteiger charge is -2.45. The van der Waals surface area contributed by atoms with Crippen LogP contribution in [0, 0.1) is 5.92 Å². The number of carbonyl (C=O) groups excluding carboxylic acids is 1. The molecule has 2 rings (SSSR count). The maximum absolute atomic E-state index is 11.5. The molecule has 2 fully saturated rings. The monoisotopic (exact) mass is 241 g/mol. The summed E-state index contributed by atoms with van der Waals surface area (Å²) in [6, 6.07) is -0.124. The van der Waals surface area contributed by atoms with Crippen LogP contribution in [-0.4, -0.2) is 47.8 Å². The molecule has 3 atom stereocenters. The van der Waals surface area contributed by atoms with Gasteiger partial charge in [-0.05, 0) is 25.2 Å². The molecule has 0 spiro atoms. The normalized spacial score (nSPS) is 38.5. The number of hydrogen-bond acceptors (Lipinski definition) is 4. The van der Waals surface area contributed by atoms with Gasteiger partial charge in [-0.25, -0.2) is 0 Å². The van der Waals surface area contributed by atoms with Crippen LogP contribution < -0.4 is 0 Å². The fraction of sp³-hybridized carbons (Fsp3) is 0.923. The van der Waals surface area contributed by atoms with E-state index in [1.54, 1.807) is 0 Å². The molecule has 2 aliphatic rings. The second-order valence-corrected chi connectivity index (χ2v) is 5.72. The fourth-order valence-corrected chi connectivity index (χ4v) is 3.19. The van der Waals surface area contributed by atoms with Gasteiger partial charge in [-0.3, -0.25) is 9.69 Å². The summed E-state index contributed by atoms with van der Waals surface area (Å²) < 4.78 is 4.77. The van der Waals surface area contributed by atoms with Crippen LogP contribution in [0.5, 0.6) is 0 Å². The molecule has 3 unspecified atom stereocenters. The first-order chi connectivity index (χ1) is 8.04. The Morgan fingerprint density at radius 2 is 2.29 bits per heavy atom. The molecule has 0 aromatic rings. The van der Waals surface area contributed by atoms with Crippen molar-refractivity contribution in [3.05, 3.63) is 0 Å². The molecule has 1 saturated heterocycles. The summed E-state index contributed by atoms with van der Waals surface area (Å²) in [5.74, 6) is 0.426. The van der Waals surface area contributed by atoms with Crippen molar-refractivity contribution in [2.45, 2.75) is 50.7 Å². The topological polar surface area (TPSA) is 49.8 Å². The average molecular weight is 241 g/mol. The van der Waals surface area contributed by atoms with E-state index in [9.17, 15) is 9.90 Å². The van der Waals surface area contributed by atoms with Gasteiger partial charge in [-0.2, -0.15) is 0 Å². The molecule has 1 heterocycles. The second-order valence-electron chi connectivity index (χ2n) is 5.72. The Labute approximate surface area is 103 Å². The van der Waals surface area contributed by atoms with Gasteiger partial charge in [0.05, 0.1) is 12.7 Å². The van der Waals surface area contributed by atoms with Crippen LogP contribution in [0.15, 0.2) is 0 Å². The molecule has 98 valence electrons. The quantitative estimate of drug-likeness (QED) is 0.754. The minimum Gasteiger partial charge on any atom is -0.468 e. The lowest BCUT2D eigenvalue weighted by molar-refractivity contribution is -0.155. The number of ether oxygens (including phenoxy) is 1. The lowest BCUT2D eigenvalue weighted by atomic mass is 9.78. The summed E-state index contributed by atoms with van der Waals surface area (Å²) in [4.78, 5) is 13.5. The minimum absolute atomic E-state index is 0.124. The Morgan fingerprint density at radius 1 is 1.53 bits per heavy atom. The van der Waals surface area contributed by atoms with Gasteiger partial charge < -0.3 is 9.84 Å². The van der Waals surface area contributed by atoms with Gasteiger partial charge in [0, 0.05) is 13.1 Å². The number of esters is 1. The maximum Gasteiger partial charge on any atom is 0.323 e. The van der Waals surface area contributed by atoms with Crippen molar-refractivity contribution in [2.75, 3.05) is 20.2 Å². The number of aliphatic hydroxyl groups is 1. The number of methoxy groups -OCH3 is 1. The Morgan fingerprint density at radius 3 is 2.82 bits per heavy atom. The number of nitrogens with zero attached hydrogens (tertiary/aromatic N) is 1. The largest absolute Gasteiger partial charge is 0.468 e. The number of β-amino-alcohol motifs (C(OH)–C–C–N with tert-alkyl or cyclic N) is 1. The van der Waals surface area contributed by atoms with Gasteiger partial charge in [0.2, 0.25) is 0 Å². The first-order valence-electron chi connectivity index (χ1n) is 6.58. The van der Waals surface area contributed by atoms with Crippen LogP contribution in [0.25, 0.3) is 0 Å². The molecular weight excluding hydrogens is 218 g/mol. The van der Waals surface area contributed by atoms with E-state index in [-0.39, 0.29) is 12.0 Å². The molecule has 0 aromatic carbocycles. The van der Waals surface area contributed by atoms with Gasteiger partial charge in [-0.15, -0.1) is 0 Å². The molecule has 0 aromatic heterocycles. The number of rotatable bonds is 3. The van der Waals surface area contributed by atoms with E-state index < -0.39 is 5.60 Å². The predicted octanol–water partition coefficient (Wildman–Crippen LogP) is 1.17. The molecule has 0 radical (unpaired) electrons. The summed E-state index contributed by atoms with van der Waals surface area (Å²) in [5.41, 5.74) is -0.593. The molecule has 4 heteroatoms. The van der Waals surface area contributed by atoms with Crippen LogP contribution in [0.2, 0.25) is 0 Å². The van der Waals surface area contributed by atoms with Crippen molar-refractivity contribution in [1.82, 2.24) is 4.90 Å². The maximum atomic E-state index is 11.5. The third kappa shape index (κ3) is 2.80. The van der Waals surface area contributed by atoms with Crippen molar-refractivity contribution in [2.24, 2.45) is 5.92 Å². The second kappa shape index (κ2) is 4.94. The van der Waals surface area contributed by atoms with E-state index in [0.717, 1.165) is 32.2 Å². The molecular formula is C13H23NO3. The van der Waals surface area contributed by atoms with Crippen LogP contribution in [-0.2, 0) is 9.53 Å². The highest BCUT2D eigenvalue weighted by molar-refractivity contribution is 5.76. The Bertz CT molecular complexity index is 294. The van der Waals surface area contributed by atoms with E-state index >= 15 is 0 Å². The van der Waals surface area contributed by atoms with E-state index in [2.05, 4.69) is 11.8 Å². The molecule has 0 amide bonds. The molecule has 1 aliphatic heterocycles. The van der Waals surface area contributed by atoms with E-state index in [0.29, 0.717) is 12.5 Å². The Hall–Kier alpha value is -0.610. The molecule has 4 nitrogen and oxygen atoms in total. The zero-order valence-electron chi connectivity index (χ0n) is 10.8. The Balaban J connectivity index is 1.90. The third-order valence-corrected chi connectivity index (χ3v) is 4.17. The fourth-order valence-electron chi connectivity index (χ4n) is 3.19. The standard InChI is InChI=1S/C13H23NO3/c1-10-4-3-6-13(16,8-10)9-14-7-5-11(14)12(15)17-2/h10-11,16H,3-9H2,1-2H3. The first-order valence-corrected chi connectivity index (χ1v) is 6.58. The molecule has 1 aliphatic carbocycles. The molecule has 17 heavy (non-hydrogen) atoms. The van der Waals surface area contributed by atoms with E-state index in [4.69, 9.17) is 4.74 Å². The number of carbonyl (C=O) groups is 1. The van der Waals surface area contributed by atoms with Gasteiger partial charge in [0.15, 0.2) is 0 Å². The van der Waals surface area contributed by atoms with Gasteiger partial charge in [-0.1, -0.05) is 19.8 Å². The first kappa shape index (κ1) is 12.8. The van der Waals surface area contributed by atoms with Gasteiger partial charge >= 0.3 is 5.97 Å². The zero-order valence-corrected chi connectivity index (χ0v) is 10.8. The lowest BCUT2D eigenvalue weighted by Crippen LogP contribution is -2.58. The number of likely N-dealkylation sites (tertiary alicyclic amines) is 1. The predicted molar refractivity (Wildman–Crippen MR) is 64.6 cm³/mol. The van der Waals surface area contributed by atoms with Crippen LogP contribution in [0.1, 0.15) is 39.0 Å². The Kier molecular flexibility index (Phi) is 3.73. The van der Waals surface area contributed by atoms with Crippen molar-refractivity contribution in [3.63, 3.8) is 0 Å². The third-order valence-electron chi connectivity index (χ3n) is 4.17. The summed E-state index contributed by atoms with van der Waals surface area (Å²) in [6.45, 7) is 3.71. The minimum atomic E-state index is -0.593. The summed E-state index contributed by atoms with van der Waals surface area (Å²) in [7, 11) is 1.43. The van der Waals surface area contributed by atoms with E-state index in [1.165, 1.54) is 13.5 Å². The van der Waals surface area contributed by atoms with E-state index in [1.807, 2.05) is 0 Å². The molecule has 0 bridgehead atoms. The van der Waals surface area contributed by atoms with Crippen molar-refractivity contribution < 1.29 is 14.6 Å². The smallest absolute Gasteiger partial charge is 0.323 e.